The zero-order valence-corrected chi connectivity index (χ0v) is 22.2. The summed E-state index contributed by atoms with van der Waals surface area (Å²) in [5, 5.41) is 11.4. The fourth-order valence-corrected chi connectivity index (χ4v) is 4.41. The molecule has 2 fully saturated rings. The Bertz CT molecular complexity index is 1380. The predicted molar refractivity (Wildman–Crippen MR) is 140 cm³/mol. The number of aromatic nitrogens is 1. The third-order valence-corrected chi connectivity index (χ3v) is 6.49. The van der Waals surface area contributed by atoms with Crippen molar-refractivity contribution in [1.29, 1.82) is 0 Å². The van der Waals surface area contributed by atoms with Crippen molar-refractivity contribution in [2.75, 3.05) is 11.9 Å². The van der Waals surface area contributed by atoms with Crippen LogP contribution in [0.4, 0.5) is 23.7 Å². The number of nitrogens with one attached hydrogen (secondary N) is 4. The van der Waals surface area contributed by atoms with Gasteiger partial charge in [0, 0.05) is 41.2 Å². The number of anilines is 1. The number of pyridine rings is 1. The highest BCUT2D eigenvalue weighted by Gasteiger charge is 2.49. The predicted octanol–water partition coefficient (Wildman–Crippen LogP) is 4.80. The van der Waals surface area contributed by atoms with E-state index in [4.69, 9.17) is 9.47 Å². The van der Waals surface area contributed by atoms with E-state index in [2.05, 4.69) is 26.3 Å². The highest BCUT2D eigenvalue weighted by Crippen LogP contribution is 2.39. The van der Waals surface area contributed by atoms with Crippen LogP contribution in [0.5, 0.6) is 11.5 Å². The van der Waals surface area contributed by atoms with Crippen LogP contribution in [-0.4, -0.2) is 35.5 Å². The van der Waals surface area contributed by atoms with Crippen LogP contribution in [-0.2, 0) is 11.0 Å². The number of allylic oxidation sites excluding steroid dienone is 2. The van der Waals surface area contributed by atoms with Crippen molar-refractivity contribution >= 4 is 17.5 Å². The number of halogens is 3. The first-order valence-electron chi connectivity index (χ1n) is 13.0. The van der Waals surface area contributed by atoms with Crippen LogP contribution in [0.1, 0.15) is 50.9 Å². The molecular weight excluding hydrogens is 527 g/mol. The first kappa shape index (κ1) is 27.5. The Balaban J connectivity index is 1.21. The SMILES string of the molecule is CC1=C(Oc2ccnc(C3NC3C(=O)C3CC3)c2)NCC(NC(=O)Nc2cc(OC(C)C)cc(C(F)(F)F)c2)=C1. The number of carbonyl (C=O) groups excluding carboxylic acids is 2. The number of Topliss-reactive ketones (excluding diaryl/α,β-unsaturated/α-hetero) is 1. The number of amides is 2. The van der Waals surface area contributed by atoms with Crippen molar-refractivity contribution in [3.05, 3.63) is 71.0 Å². The lowest BCUT2D eigenvalue weighted by Gasteiger charge is -2.21. The average Bonchev–Trinajstić information content (AvgIpc) is 3.79. The van der Waals surface area contributed by atoms with Crippen molar-refractivity contribution in [3.8, 4) is 11.5 Å². The minimum atomic E-state index is -4.60. The summed E-state index contributed by atoms with van der Waals surface area (Å²) in [7, 11) is 0. The molecule has 212 valence electrons. The summed E-state index contributed by atoms with van der Waals surface area (Å²) in [6.07, 6.45) is 0.320. The van der Waals surface area contributed by atoms with Crippen molar-refractivity contribution in [1.82, 2.24) is 20.9 Å². The van der Waals surface area contributed by atoms with Crippen LogP contribution in [0.15, 0.2) is 59.8 Å². The molecule has 2 amide bonds. The first-order valence-corrected chi connectivity index (χ1v) is 13.0. The van der Waals surface area contributed by atoms with Gasteiger partial charge in [-0.05, 0) is 57.9 Å². The molecule has 0 bridgehead atoms. The second-order valence-electron chi connectivity index (χ2n) is 10.3. The molecule has 12 heteroatoms. The molecule has 1 saturated heterocycles. The van der Waals surface area contributed by atoms with Gasteiger partial charge in [0.2, 0.25) is 0 Å². The number of urea groups is 1. The molecule has 2 aromatic rings. The molecule has 1 aromatic carbocycles. The van der Waals surface area contributed by atoms with Gasteiger partial charge in [-0.1, -0.05) is 0 Å². The van der Waals surface area contributed by atoms with Crippen LogP contribution in [0.3, 0.4) is 0 Å². The first-order chi connectivity index (χ1) is 19.0. The molecule has 5 rings (SSSR count). The lowest BCUT2D eigenvalue weighted by molar-refractivity contribution is -0.137. The van der Waals surface area contributed by atoms with Gasteiger partial charge in [-0.2, -0.15) is 13.2 Å². The number of ketones is 1. The zero-order valence-electron chi connectivity index (χ0n) is 22.2. The zero-order chi connectivity index (χ0) is 28.6. The Kier molecular flexibility index (Phi) is 7.45. The molecule has 3 aliphatic rings. The van der Waals surface area contributed by atoms with E-state index in [-0.39, 0.29) is 47.9 Å². The number of rotatable bonds is 9. The monoisotopic (exact) mass is 557 g/mol. The number of ether oxygens (including phenoxy) is 2. The fraction of sp³-hybridized carbons (Fsp3) is 0.393. The maximum Gasteiger partial charge on any atom is 0.416 e. The third-order valence-electron chi connectivity index (χ3n) is 6.49. The molecule has 3 heterocycles. The summed E-state index contributed by atoms with van der Waals surface area (Å²) in [6.45, 7) is 5.40. The molecular formula is C28H30F3N5O4. The molecule has 2 unspecified atom stereocenters. The van der Waals surface area contributed by atoms with Gasteiger partial charge in [0.05, 0.1) is 36.0 Å². The second kappa shape index (κ2) is 10.8. The summed E-state index contributed by atoms with van der Waals surface area (Å²) in [5.41, 5.74) is 0.937. The van der Waals surface area contributed by atoms with Gasteiger partial charge in [0.15, 0.2) is 11.7 Å². The number of benzene rings is 1. The van der Waals surface area contributed by atoms with Crippen molar-refractivity contribution in [3.63, 3.8) is 0 Å². The minimum absolute atomic E-state index is 0.000937. The quantitative estimate of drug-likeness (QED) is 0.327. The number of alkyl halides is 3. The van der Waals surface area contributed by atoms with Crippen LogP contribution >= 0.6 is 0 Å². The van der Waals surface area contributed by atoms with E-state index in [0.717, 1.165) is 30.7 Å². The molecule has 2 aliphatic heterocycles. The lowest BCUT2D eigenvalue weighted by atomic mass is 10.1. The van der Waals surface area contributed by atoms with E-state index < -0.39 is 17.8 Å². The van der Waals surface area contributed by atoms with E-state index in [1.165, 1.54) is 6.07 Å². The largest absolute Gasteiger partial charge is 0.491 e. The molecule has 0 spiro atoms. The number of carbonyl (C=O) groups is 2. The van der Waals surface area contributed by atoms with Gasteiger partial charge < -0.3 is 25.4 Å². The van der Waals surface area contributed by atoms with Gasteiger partial charge in [-0.25, -0.2) is 4.79 Å². The highest BCUT2D eigenvalue weighted by atomic mass is 19.4. The van der Waals surface area contributed by atoms with E-state index >= 15 is 0 Å². The summed E-state index contributed by atoms with van der Waals surface area (Å²) in [6, 6.07) is 5.59. The van der Waals surface area contributed by atoms with Crippen molar-refractivity contribution in [2.24, 2.45) is 5.92 Å². The minimum Gasteiger partial charge on any atom is -0.491 e. The maximum absolute atomic E-state index is 13.3. The Labute approximate surface area is 229 Å². The number of hydrogen-bond acceptors (Lipinski definition) is 7. The standard InChI is InChI=1S/C28H30F3N5O4/c1-14(2)39-21-10-17(28(29,30)31)9-18(11-21)34-27(38)35-19-8-15(3)26(33-13-19)40-20-6-7-32-22(12-20)23-24(36-23)25(37)16-4-5-16/h6-12,14,16,23-24,33,36H,4-5,13H2,1-3H3,(H2,34,35,38). The molecule has 0 radical (unpaired) electrons. The maximum atomic E-state index is 13.3. The van der Waals surface area contributed by atoms with Gasteiger partial charge in [0.25, 0.3) is 0 Å². The van der Waals surface area contributed by atoms with Crippen molar-refractivity contribution in [2.45, 2.75) is 58.0 Å². The molecule has 1 aliphatic carbocycles. The number of hydrogen-bond donors (Lipinski definition) is 4. The highest BCUT2D eigenvalue weighted by molar-refractivity contribution is 5.92. The number of nitrogens with zero attached hydrogens (tertiary/aromatic N) is 1. The smallest absolute Gasteiger partial charge is 0.416 e. The fourth-order valence-electron chi connectivity index (χ4n) is 4.41. The van der Waals surface area contributed by atoms with Crippen LogP contribution in [0.2, 0.25) is 0 Å². The summed E-state index contributed by atoms with van der Waals surface area (Å²) in [5.74, 6) is 1.45. The second-order valence-corrected chi connectivity index (χ2v) is 10.3. The van der Waals surface area contributed by atoms with Gasteiger partial charge >= 0.3 is 12.2 Å². The topological polar surface area (TPSA) is 124 Å². The molecule has 1 saturated carbocycles. The van der Waals surface area contributed by atoms with Crippen molar-refractivity contribution < 1.29 is 32.2 Å². The van der Waals surface area contributed by atoms with Gasteiger partial charge in [-0.15, -0.1) is 0 Å². The van der Waals surface area contributed by atoms with Crippen LogP contribution in [0.25, 0.3) is 0 Å². The molecule has 4 N–H and O–H groups in total. The summed E-state index contributed by atoms with van der Waals surface area (Å²) in [4.78, 5) is 29.2. The lowest BCUT2D eigenvalue weighted by Crippen LogP contribution is -2.36. The Morgan fingerprint density at radius 3 is 2.55 bits per heavy atom. The van der Waals surface area contributed by atoms with E-state index in [1.54, 1.807) is 45.2 Å². The summed E-state index contributed by atoms with van der Waals surface area (Å²) < 4.78 is 51.4. The average molecular weight is 558 g/mol. The summed E-state index contributed by atoms with van der Waals surface area (Å²) >= 11 is 0. The Hall–Kier alpha value is -4.06. The van der Waals surface area contributed by atoms with Gasteiger partial charge in [-0.3, -0.25) is 15.1 Å². The van der Waals surface area contributed by atoms with E-state index in [1.807, 2.05) is 0 Å². The van der Waals surface area contributed by atoms with E-state index in [9.17, 15) is 22.8 Å². The van der Waals surface area contributed by atoms with Crippen LogP contribution < -0.4 is 30.7 Å². The third kappa shape index (κ3) is 6.74. The molecule has 1 aromatic heterocycles. The normalized spacial score (nSPS) is 20.4. The van der Waals surface area contributed by atoms with Crippen LogP contribution in [0, 0.1) is 5.92 Å². The Morgan fingerprint density at radius 2 is 1.88 bits per heavy atom. The Morgan fingerprint density at radius 1 is 1.10 bits per heavy atom. The van der Waals surface area contributed by atoms with Gasteiger partial charge in [0.1, 0.15) is 11.5 Å². The molecule has 40 heavy (non-hydrogen) atoms. The van der Waals surface area contributed by atoms with E-state index in [0.29, 0.717) is 22.9 Å². The molecule has 9 nitrogen and oxygen atoms in total. The number of dihydropyridines is 1. The molecule has 2 atom stereocenters.